The predicted molar refractivity (Wildman–Crippen MR) is 58.4 cm³/mol. The summed E-state index contributed by atoms with van der Waals surface area (Å²) < 4.78 is 4.55. The van der Waals surface area contributed by atoms with Crippen LogP contribution in [0.5, 0.6) is 0 Å². The molecule has 1 aromatic carbocycles. The number of rotatable bonds is 5. The first-order chi connectivity index (χ1) is 7.72. The smallest absolute Gasteiger partial charge is 0.404 e. The summed E-state index contributed by atoms with van der Waals surface area (Å²) in [5, 5.41) is 11.8. The molecule has 0 saturated carbocycles. The van der Waals surface area contributed by atoms with Gasteiger partial charge >= 0.3 is 6.09 Å². The fraction of sp³-hybridized carbons (Fsp3) is 0.273. The summed E-state index contributed by atoms with van der Waals surface area (Å²) in [6.45, 7) is 1.39. The summed E-state index contributed by atoms with van der Waals surface area (Å²) in [6.07, 6.45) is -0.770. The van der Waals surface area contributed by atoms with Gasteiger partial charge in [-0.2, -0.15) is 5.26 Å². The Morgan fingerprint density at radius 1 is 1.56 bits per heavy atom. The summed E-state index contributed by atoms with van der Waals surface area (Å²) in [4.78, 5) is 10.3. The first kappa shape index (κ1) is 12.0. The minimum Gasteiger partial charge on any atom is -0.448 e. The van der Waals surface area contributed by atoms with Gasteiger partial charge in [0.25, 0.3) is 0 Å². The molecule has 0 unspecified atom stereocenters. The Morgan fingerprint density at radius 2 is 2.38 bits per heavy atom. The average Bonchev–Trinajstić information content (AvgIpc) is 2.28. The van der Waals surface area contributed by atoms with E-state index in [4.69, 9.17) is 11.0 Å². The van der Waals surface area contributed by atoms with E-state index in [1.807, 2.05) is 18.2 Å². The molecule has 0 bridgehead atoms. The van der Waals surface area contributed by atoms with Crippen LogP contribution in [-0.4, -0.2) is 19.2 Å². The number of nitriles is 1. The molecule has 5 heteroatoms. The van der Waals surface area contributed by atoms with Crippen LogP contribution in [0.4, 0.5) is 4.79 Å². The van der Waals surface area contributed by atoms with Crippen molar-refractivity contribution in [1.29, 1.82) is 5.26 Å². The normalized spacial score (nSPS) is 9.44. The van der Waals surface area contributed by atoms with E-state index in [1.54, 1.807) is 6.07 Å². The van der Waals surface area contributed by atoms with Crippen LogP contribution in [-0.2, 0) is 11.3 Å². The van der Waals surface area contributed by atoms with E-state index in [-0.39, 0.29) is 6.61 Å². The Bertz CT molecular complexity index is 398. The Morgan fingerprint density at radius 3 is 3.06 bits per heavy atom. The van der Waals surface area contributed by atoms with Gasteiger partial charge in [0.1, 0.15) is 6.61 Å². The Hall–Kier alpha value is -2.06. The van der Waals surface area contributed by atoms with Gasteiger partial charge in [0.15, 0.2) is 0 Å². The zero-order chi connectivity index (χ0) is 11.8. The second-order valence-corrected chi connectivity index (χ2v) is 3.16. The lowest BCUT2D eigenvalue weighted by Gasteiger charge is -2.05. The third-order valence-electron chi connectivity index (χ3n) is 1.91. The van der Waals surface area contributed by atoms with Gasteiger partial charge in [-0.3, -0.25) is 0 Å². The van der Waals surface area contributed by atoms with Gasteiger partial charge in [-0.25, -0.2) is 4.79 Å². The SMILES string of the molecule is N#Cc1cccc(CNCCOC(N)=O)c1. The standard InChI is InChI=1S/C11H13N3O2/c12-7-9-2-1-3-10(6-9)8-14-4-5-16-11(13)15/h1-3,6,14H,4-5,8H2,(H2,13,15). The highest BCUT2D eigenvalue weighted by Crippen LogP contribution is 2.03. The van der Waals surface area contributed by atoms with Crippen LogP contribution >= 0.6 is 0 Å². The first-order valence-corrected chi connectivity index (χ1v) is 4.84. The van der Waals surface area contributed by atoms with E-state index in [2.05, 4.69) is 16.1 Å². The molecule has 0 saturated heterocycles. The average molecular weight is 219 g/mol. The molecule has 1 amide bonds. The number of nitrogens with one attached hydrogen (secondary N) is 1. The third-order valence-corrected chi connectivity index (χ3v) is 1.91. The van der Waals surface area contributed by atoms with Crippen LogP contribution < -0.4 is 11.1 Å². The lowest BCUT2D eigenvalue weighted by Crippen LogP contribution is -2.23. The molecule has 0 heterocycles. The van der Waals surface area contributed by atoms with E-state index in [0.29, 0.717) is 18.7 Å². The van der Waals surface area contributed by atoms with Crippen LogP contribution in [0.15, 0.2) is 24.3 Å². The van der Waals surface area contributed by atoms with Crippen molar-refractivity contribution < 1.29 is 9.53 Å². The number of hydrogen-bond donors (Lipinski definition) is 2. The molecule has 84 valence electrons. The molecule has 1 aromatic rings. The molecule has 0 aliphatic rings. The van der Waals surface area contributed by atoms with Gasteiger partial charge in [-0.15, -0.1) is 0 Å². The molecule has 3 N–H and O–H groups in total. The topological polar surface area (TPSA) is 88.1 Å². The minimum atomic E-state index is -0.770. The maximum absolute atomic E-state index is 10.3. The van der Waals surface area contributed by atoms with E-state index in [9.17, 15) is 4.79 Å². The lowest BCUT2D eigenvalue weighted by atomic mass is 10.1. The zero-order valence-corrected chi connectivity index (χ0v) is 8.77. The molecule has 0 aliphatic heterocycles. The summed E-state index contributed by atoms with van der Waals surface area (Å²) >= 11 is 0. The molecule has 0 aromatic heterocycles. The second-order valence-electron chi connectivity index (χ2n) is 3.16. The Kier molecular flexibility index (Phi) is 4.83. The van der Waals surface area contributed by atoms with Crippen LogP contribution in [0.25, 0.3) is 0 Å². The number of benzene rings is 1. The third kappa shape index (κ3) is 4.44. The molecular weight excluding hydrogens is 206 g/mol. The number of amides is 1. The highest BCUT2D eigenvalue weighted by Gasteiger charge is 1.96. The summed E-state index contributed by atoms with van der Waals surface area (Å²) in [5.74, 6) is 0. The van der Waals surface area contributed by atoms with Gasteiger partial charge in [0.05, 0.1) is 11.6 Å². The van der Waals surface area contributed by atoms with E-state index < -0.39 is 6.09 Å². The zero-order valence-electron chi connectivity index (χ0n) is 8.77. The van der Waals surface area contributed by atoms with Gasteiger partial charge < -0.3 is 15.8 Å². The van der Waals surface area contributed by atoms with Crippen molar-refractivity contribution >= 4 is 6.09 Å². The Labute approximate surface area is 93.8 Å². The maximum Gasteiger partial charge on any atom is 0.404 e. The highest BCUT2D eigenvalue weighted by molar-refractivity contribution is 5.64. The van der Waals surface area contributed by atoms with Gasteiger partial charge in [-0.1, -0.05) is 12.1 Å². The molecule has 0 aliphatic carbocycles. The quantitative estimate of drug-likeness (QED) is 0.715. The van der Waals surface area contributed by atoms with E-state index >= 15 is 0 Å². The van der Waals surface area contributed by atoms with Crippen molar-refractivity contribution in [3.63, 3.8) is 0 Å². The summed E-state index contributed by atoms with van der Waals surface area (Å²) in [6, 6.07) is 9.38. The number of carbonyl (C=O) groups is 1. The fourth-order valence-electron chi connectivity index (χ4n) is 1.21. The highest BCUT2D eigenvalue weighted by atomic mass is 16.5. The van der Waals surface area contributed by atoms with Crippen LogP contribution in [0, 0.1) is 11.3 Å². The predicted octanol–water partition coefficient (Wildman–Crippen LogP) is 0.743. The van der Waals surface area contributed by atoms with Gasteiger partial charge in [-0.05, 0) is 17.7 Å². The van der Waals surface area contributed by atoms with Gasteiger partial charge in [0, 0.05) is 13.1 Å². The number of nitrogens with zero attached hydrogens (tertiary/aromatic N) is 1. The van der Waals surface area contributed by atoms with Crippen LogP contribution in [0.2, 0.25) is 0 Å². The number of ether oxygens (including phenoxy) is 1. The minimum absolute atomic E-state index is 0.243. The van der Waals surface area contributed by atoms with Crippen molar-refractivity contribution in [3.05, 3.63) is 35.4 Å². The van der Waals surface area contributed by atoms with Crippen LogP contribution in [0.3, 0.4) is 0 Å². The van der Waals surface area contributed by atoms with Crippen molar-refractivity contribution in [1.82, 2.24) is 5.32 Å². The number of nitrogens with two attached hydrogens (primary N) is 1. The number of carbonyl (C=O) groups excluding carboxylic acids is 1. The maximum atomic E-state index is 10.3. The molecule has 0 radical (unpaired) electrons. The largest absolute Gasteiger partial charge is 0.448 e. The molecule has 16 heavy (non-hydrogen) atoms. The van der Waals surface area contributed by atoms with E-state index in [0.717, 1.165) is 5.56 Å². The van der Waals surface area contributed by atoms with Crippen molar-refractivity contribution in [2.75, 3.05) is 13.2 Å². The Balaban J connectivity index is 2.27. The molecule has 0 fully saturated rings. The van der Waals surface area contributed by atoms with Crippen LogP contribution in [0.1, 0.15) is 11.1 Å². The van der Waals surface area contributed by atoms with Crippen molar-refractivity contribution in [2.45, 2.75) is 6.54 Å². The second kappa shape index (κ2) is 6.43. The van der Waals surface area contributed by atoms with Gasteiger partial charge in [0.2, 0.25) is 0 Å². The number of primary amides is 1. The van der Waals surface area contributed by atoms with Crippen molar-refractivity contribution in [3.8, 4) is 6.07 Å². The molecule has 0 spiro atoms. The monoisotopic (exact) mass is 219 g/mol. The van der Waals surface area contributed by atoms with Crippen molar-refractivity contribution in [2.24, 2.45) is 5.73 Å². The fourth-order valence-corrected chi connectivity index (χ4v) is 1.21. The summed E-state index contributed by atoms with van der Waals surface area (Å²) in [7, 11) is 0. The van der Waals surface area contributed by atoms with E-state index in [1.165, 1.54) is 0 Å². The first-order valence-electron chi connectivity index (χ1n) is 4.84. The molecule has 1 rings (SSSR count). The molecule has 5 nitrogen and oxygen atoms in total. The molecule has 0 atom stereocenters. The molecular formula is C11H13N3O2. The summed E-state index contributed by atoms with van der Waals surface area (Å²) in [5.41, 5.74) is 6.44. The lowest BCUT2D eigenvalue weighted by molar-refractivity contribution is 0.157. The number of hydrogen-bond acceptors (Lipinski definition) is 4.